The molecule has 5 rings (SSSR count). The van der Waals surface area contributed by atoms with Crippen LogP contribution >= 0.6 is 11.6 Å². The van der Waals surface area contributed by atoms with Crippen molar-refractivity contribution in [1.29, 1.82) is 0 Å². The highest BCUT2D eigenvalue weighted by molar-refractivity contribution is 6.30. The quantitative estimate of drug-likeness (QED) is 0.657. The van der Waals surface area contributed by atoms with Gasteiger partial charge in [-0.3, -0.25) is 4.79 Å². The molecule has 0 radical (unpaired) electrons. The predicted octanol–water partition coefficient (Wildman–Crippen LogP) is 5.92. The van der Waals surface area contributed by atoms with Gasteiger partial charge in [-0.05, 0) is 79.0 Å². The lowest BCUT2D eigenvalue weighted by Gasteiger charge is -2.23. The summed E-state index contributed by atoms with van der Waals surface area (Å²) in [6.07, 6.45) is 5.93. The molecule has 5 unspecified atom stereocenters. The molecule has 0 amide bonds. The summed E-state index contributed by atoms with van der Waals surface area (Å²) < 4.78 is 0. The van der Waals surface area contributed by atoms with E-state index in [2.05, 4.69) is 24.3 Å². The van der Waals surface area contributed by atoms with Crippen molar-refractivity contribution in [2.75, 3.05) is 0 Å². The summed E-state index contributed by atoms with van der Waals surface area (Å²) in [6, 6.07) is 16.6. The Balaban J connectivity index is 1.32. The number of Topliss-reactive ketones (excluding diaryl/α,β-unsaturated/α-hetero) is 1. The molecule has 0 heterocycles. The van der Waals surface area contributed by atoms with Gasteiger partial charge in [0, 0.05) is 16.5 Å². The van der Waals surface area contributed by atoms with E-state index in [-0.39, 0.29) is 5.92 Å². The summed E-state index contributed by atoms with van der Waals surface area (Å²) in [6.45, 7) is 0. The minimum atomic E-state index is 0.272. The van der Waals surface area contributed by atoms with Crippen molar-refractivity contribution in [1.82, 2.24) is 0 Å². The second-order valence-corrected chi connectivity index (χ2v) is 8.57. The first-order valence-corrected chi connectivity index (χ1v) is 9.98. The second-order valence-electron chi connectivity index (χ2n) is 8.13. The highest BCUT2D eigenvalue weighted by Crippen LogP contribution is 2.63. The maximum Gasteiger partial charge on any atom is 0.166 e. The molecule has 0 aliphatic heterocycles. The van der Waals surface area contributed by atoms with Gasteiger partial charge in [-0.1, -0.05) is 48.0 Å². The van der Waals surface area contributed by atoms with Crippen molar-refractivity contribution in [3.8, 4) is 0 Å². The van der Waals surface area contributed by atoms with Crippen molar-refractivity contribution in [2.24, 2.45) is 23.7 Å². The summed E-state index contributed by atoms with van der Waals surface area (Å²) in [5.41, 5.74) is 3.68. The minimum absolute atomic E-state index is 0.272. The highest BCUT2D eigenvalue weighted by atomic mass is 35.5. The van der Waals surface area contributed by atoms with Crippen molar-refractivity contribution in [3.05, 3.63) is 70.2 Å². The number of rotatable bonds is 2. The van der Waals surface area contributed by atoms with Gasteiger partial charge in [0.2, 0.25) is 0 Å². The molecule has 1 nitrogen and oxygen atoms in total. The number of halogens is 1. The minimum Gasteiger partial charge on any atom is -0.294 e. The van der Waals surface area contributed by atoms with Gasteiger partial charge in [-0.2, -0.15) is 0 Å². The molecular formula is C23H23ClO. The molecule has 2 heteroatoms. The Morgan fingerprint density at radius 2 is 1.68 bits per heavy atom. The van der Waals surface area contributed by atoms with Crippen molar-refractivity contribution < 1.29 is 4.79 Å². The zero-order chi connectivity index (χ0) is 17.0. The molecule has 128 valence electrons. The summed E-state index contributed by atoms with van der Waals surface area (Å²) in [7, 11) is 0. The van der Waals surface area contributed by atoms with Gasteiger partial charge in [-0.15, -0.1) is 0 Å². The predicted molar refractivity (Wildman–Crippen MR) is 101 cm³/mol. The van der Waals surface area contributed by atoms with Crippen LogP contribution in [-0.4, -0.2) is 5.78 Å². The molecule has 2 aromatic rings. The van der Waals surface area contributed by atoms with E-state index in [1.54, 1.807) is 0 Å². The van der Waals surface area contributed by atoms with E-state index in [0.29, 0.717) is 17.6 Å². The SMILES string of the molecule is O=C1c2ccccc2CCC1C1C2CCC(c3ccc(Cl)cc3)CC21. The van der Waals surface area contributed by atoms with Crippen molar-refractivity contribution >= 4 is 17.4 Å². The third-order valence-corrected chi connectivity index (χ3v) is 7.21. The lowest BCUT2D eigenvalue weighted by Crippen LogP contribution is -2.25. The highest BCUT2D eigenvalue weighted by Gasteiger charge is 2.57. The van der Waals surface area contributed by atoms with Crippen LogP contribution < -0.4 is 0 Å². The van der Waals surface area contributed by atoms with Gasteiger partial charge < -0.3 is 0 Å². The third kappa shape index (κ3) is 2.64. The smallest absolute Gasteiger partial charge is 0.166 e. The van der Waals surface area contributed by atoms with Crippen molar-refractivity contribution in [3.63, 3.8) is 0 Å². The first kappa shape index (κ1) is 15.6. The third-order valence-electron chi connectivity index (χ3n) is 6.95. The lowest BCUT2D eigenvalue weighted by molar-refractivity contribution is 0.0876. The van der Waals surface area contributed by atoms with E-state index in [1.165, 1.54) is 30.4 Å². The fourth-order valence-corrected chi connectivity index (χ4v) is 5.80. The molecule has 5 atom stereocenters. The summed E-state index contributed by atoms with van der Waals surface area (Å²) in [5.74, 6) is 3.53. The van der Waals surface area contributed by atoms with E-state index in [0.717, 1.165) is 35.3 Å². The van der Waals surface area contributed by atoms with E-state index in [4.69, 9.17) is 11.6 Å². The van der Waals surface area contributed by atoms with Gasteiger partial charge in [0.15, 0.2) is 5.78 Å². The van der Waals surface area contributed by atoms with E-state index >= 15 is 0 Å². The van der Waals surface area contributed by atoms with Crippen LogP contribution in [0.2, 0.25) is 5.02 Å². The largest absolute Gasteiger partial charge is 0.294 e. The van der Waals surface area contributed by atoms with Gasteiger partial charge in [0.25, 0.3) is 0 Å². The Hall–Kier alpha value is -1.60. The van der Waals surface area contributed by atoms with Gasteiger partial charge in [-0.25, -0.2) is 0 Å². The molecule has 3 aliphatic rings. The number of carbonyl (C=O) groups is 1. The van der Waals surface area contributed by atoms with Crippen LogP contribution in [0.3, 0.4) is 0 Å². The normalized spacial score (nSPS) is 33.5. The molecule has 2 fully saturated rings. The number of ketones is 1. The topological polar surface area (TPSA) is 17.1 Å². The number of benzene rings is 2. The van der Waals surface area contributed by atoms with Crippen LogP contribution in [0.1, 0.15) is 53.1 Å². The van der Waals surface area contributed by atoms with Gasteiger partial charge in [0.05, 0.1) is 0 Å². The second kappa shape index (κ2) is 5.99. The molecule has 0 bridgehead atoms. The monoisotopic (exact) mass is 350 g/mol. The molecule has 0 saturated heterocycles. The summed E-state index contributed by atoms with van der Waals surface area (Å²) in [5, 5.41) is 0.813. The van der Waals surface area contributed by atoms with Crippen LogP contribution in [0.4, 0.5) is 0 Å². The first-order chi connectivity index (χ1) is 12.2. The molecule has 0 aromatic heterocycles. The molecule has 2 aromatic carbocycles. The molecular weight excluding hydrogens is 328 g/mol. The number of fused-ring (bicyclic) bond motifs is 2. The van der Waals surface area contributed by atoms with E-state index in [9.17, 15) is 4.79 Å². The molecule has 25 heavy (non-hydrogen) atoms. The van der Waals surface area contributed by atoms with Gasteiger partial charge in [0.1, 0.15) is 0 Å². The Labute approximate surface area is 154 Å². The van der Waals surface area contributed by atoms with Crippen molar-refractivity contribution in [2.45, 2.75) is 38.0 Å². The van der Waals surface area contributed by atoms with Crippen LogP contribution in [-0.2, 0) is 6.42 Å². The average Bonchev–Trinajstić information content (AvgIpc) is 3.36. The Morgan fingerprint density at radius 1 is 0.880 bits per heavy atom. The first-order valence-electron chi connectivity index (χ1n) is 9.60. The number of carbonyl (C=O) groups excluding carboxylic acids is 1. The van der Waals surface area contributed by atoms with Crippen LogP contribution in [0.15, 0.2) is 48.5 Å². The van der Waals surface area contributed by atoms with Crippen LogP contribution in [0.25, 0.3) is 0 Å². The average molecular weight is 351 g/mol. The summed E-state index contributed by atoms with van der Waals surface area (Å²) in [4.78, 5) is 13.0. The van der Waals surface area contributed by atoms with Crippen LogP contribution in [0.5, 0.6) is 0 Å². The Kier molecular flexibility index (Phi) is 3.74. The fraction of sp³-hybridized carbons (Fsp3) is 0.435. The molecule has 0 N–H and O–H groups in total. The van der Waals surface area contributed by atoms with Crippen LogP contribution in [0, 0.1) is 23.7 Å². The fourth-order valence-electron chi connectivity index (χ4n) is 5.68. The molecule has 3 aliphatic carbocycles. The number of aryl methyl sites for hydroxylation is 1. The Morgan fingerprint density at radius 3 is 2.52 bits per heavy atom. The van der Waals surface area contributed by atoms with Gasteiger partial charge >= 0.3 is 0 Å². The number of hydrogen-bond acceptors (Lipinski definition) is 1. The number of hydrogen-bond donors (Lipinski definition) is 0. The molecule has 0 spiro atoms. The van der Waals surface area contributed by atoms with E-state index < -0.39 is 0 Å². The zero-order valence-corrected chi connectivity index (χ0v) is 15.1. The van der Waals surface area contributed by atoms with E-state index in [1.807, 2.05) is 24.3 Å². The zero-order valence-electron chi connectivity index (χ0n) is 14.3. The summed E-state index contributed by atoms with van der Waals surface area (Å²) >= 11 is 6.03. The molecule has 2 saturated carbocycles. The lowest BCUT2D eigenvalue weighted by atomic mass is 9.79. The maximum atomic E-state index is 13.0. The Bertz CT molecular complexity index is 809. The standard InChI is InChI=1S/C23H23ClO/c24-17-9-5-14(6-10-17)16-8-11-19-21(13-16)22(19)20-12-7-15-3-1-2-4-18(15)23(20)25/h1-6,9-10,16,19-22H,7-8,11-13H2. The maximum absolute atomic E-state index is 13.0.